The van der Waals surface area contributed by atoms with Gasteiger partial charge in [0.1, 0.15) is 0 Å². The predicted octanol–water partition coefficient (Wildman–Crippen LogP) is 5.99. The summed E-state index contributed by atoms with van der Waals surface area (Å²) in [6.07, 6.45) is -4.70. The van der Waals surface area contributed by atoms with Crippen molar-refractivity contribution in [3.05, 3.63) is 99.9 Å². The van der Waals surface area contributed by atoms with Crippen molar-refractivity contribution in [2.75, 3.05) is 0 Å². The lowest BCUT2D eigenvalue weighted by atomic mass is 10.1. The van der Waals surface area contributed by atoms with Crippen molar-refractivity contribution in [1.29, 1.82) is 0 Å². The number of ketones is 1. The number of carbonyl (C=O) groups is 1. The van der Waals surface area contributed by atoms with Gasteiger partial charge in [0.05, 0.1) is 5.56 Å². The molecule has 0 aliphatic carbocycles. The Morgan fingerprint density at radius 2 is 1.11 bits per heavy atom. The van der Waals surface area contributed by atoms with Gasteiger partial charge in [-0.2, -0.15) is 17.5 Å². The van der Waals surface area contributed by atoms with Crippen molar-refractivity contribution in [2.45, 2.75) is 31.1 Å². The highest BCUT2D eigenvalue weighted by Gasteiger charge is 2.37. The van der Waals surface area contributed by atoms with Crippen molar-refractivity contribution in [1.82, 2.24) is 4.31 Å². The molecule has 192 valence electrons. The van der Waals surface area contributed by atoms with Crippen LogP contribution in [0.4, 0.5) is 35.1 Å². The van der Waals surface area contributed by atoms with E-state index in [-0.39, 0.29) is 22.5 Å². The topological polar surface area (TPSA) is 54.5 Å². The standard InChI is InChI=1S/C23H15F8NO3S/c1-12(33)15-6-2-13(3-7-15)10-32(11-14-4-8-16(9-5-14)23(29,30)31)36(34,35)22-20(27)18(25)17(24)19(26)21(22)28/h2-9H,10-11H2,1H3. The summed E-state index contributed by atoms with van der Waals surface area (Å²) >= 11 is 0. The van der Waals surface area contributed by atoms with Gasteiger partial charge in [-0.15, -0.1) is 0 Å². The highest BCUT2D eigenvalue weighted by molar-refractivity contribution is 7.89. The van der Waals surface area contributed by atoms with Crippen LogP contribution in [0.1, 0.15) is 34.0 Å². The van der Waals surface area contributed by atoms with Crippen LogP contribution in [-0.4, -0.2) is 18.5 Å². The van der Waals surface area contributed by atoms with Gasteiger partial charge in [-0.1, -0.05) is 36.4 Å². The molecular formula is C23H15F8NO3S. The van der Waals surface area contributed by atoms with Crippen LogP contribution in [0.3, 0.4) is 0 Å². The van der Waals surface area contributed by atoms with Crippen LogP contribution in [0, 0.1) is 29.1 Å². The van der Waals surface area contributed by atoms with Crippen LogP contribution in [0.25, 0.3) is 0 Å². The smallest absolute Gasteiger partial charge is 0.295 e. The first-order valence-electron chi connectivity index (χ1n) is 9.92. The molecule has 0 heterocycles. The third kappa shape index (κ3) is 5.41. The number of alkyl halides is 3. The van der Waals surface area contributed by atoms with Crippen LogP contribution in [-0.2, 0) is 29.3 Å². The first-order chi connectivity index (χ1) is 16.6. The maximum absolute atomic E-state index is 14.4. The lowest BCUT2D eigenvalue weighted by molar-refractivity contribution is -0.137. The maximum atomic E-state index is 14.4. The number of Topliss-reactive ketones (excluding diaryl/α,β-unsaturated/α-hetero) is 1. The minimum Gasteiger partial charge on any atom is -0.295 e. The van der Waals surface area contributed by atoms with Gasteiger partial charge in [-0.3, -0.25) is 4.79 Å². The lowest BCUT2D eigenvalue weighted by Gasteiger charge is -2.23. The molecule has 0 N–H and O–H groups in total. The average Bonchev–Trinajstić information content (AvgIpc) is 2.81. The Morgan fingerprint density at radius 1 is 0.722 bits per heavy atom. The number of nitrogens with zero attached hydrogens (tertiary/aromatic N) is 1. The van der Waals surface area contributed by atoms with Gasteiger partial charge in [0.15, 0.2) is 33.9 Å². The summed E-state index contributed by atoms with van der Waals surface area (Å²) in [4.78, 5) is 9.35. The summed E-state index contributed by atoms with van der Waals surface area (Å²) in [5.74, 6) is -13.0. The molecule has 0 atom stereocenters. The Hall–Kier alpha value is -3.32. The molecule has 0 radical (unpaired) electrons. The number of halogens is 8. The Bertz CT molecular complexity index is 1370. The minimum atomic E-state index is -5.44. The van der Waals surface area contributed by atoms with Gasteiger partial charge in [0.25, 0.3) is 0 Å². The van der Waals surface area contributed by atoms with Crippen molar-refractivity contribution in [3.8, 4) is 0 Å². The van der Waals surface area contributed by atoms with E-state index in [0.29, 0.717) is 16.4 Å². The molecule has 0 bridgehead atoms. The molecule has 0 saturated carbocycles. The SMILES string of the molecule is CC(=O)c1ccc(CN(Cc2ccc(C(F)(F)F)cc2)S(=O)(=O)c2c(F)c(F)c(F)c(F)c2F)cc1. The van der Waals surface area contributed by atoms with E-state index >= 15 is 0 Å². The summed E-state index contributed by atoms with van der Waals surface area (Å²) in [6.45, 7) is -0.199. The molecular weight excluding hydrogens is 522 g/mol. The second-order valence-electron chi connectivity index (χ2n) is 7.62. The molecule has 0 fully saturated rings. The van der Waals surface area contributed by atoms with Crippen LogP contribution < -0.4 is 0 Å². The van der Waals surface area contributed by atoms with E-state index in [2.05, 4.69) is 0 Å². The minimum absolute atomic E-state index is 0.0733. The summed E-state index contributed by atoms with van der Waals surface area (Å²) in [6, 6.07) is 8.32. The zero-order valence-electron chi connectivity index (χ0n) is 18.1. The molecule has 3 aromatic carbocycles. The number of hydrogen-bond acceptors (Lipinski definition) is 3. The second kappa shape index (κ2) is 9.97. The number of sulfonamides is 1. The summed E-state index contributed by atoms with van der Waals surface area (Å²) in [5, 5.41) is 0. The van der Waals surface area contributed by atoms with Gasteiger partial charge in [0, 0.05) is 18.7 Å². The highest BCUT2D eigenvalue weighted by atomic mass is 32.2. The first kappa shape index (κ1) is 27.3. The van der Waals surface area contributed by atoms with E-state index in [1.807, 2.05) is 0 Å². The van der Waals surface area contributed by atoms with Gasteiger partial charge in [-0.05, 0) is 30.2 Å². The molecule has 13 heteroatoms. The molecule has 0 aliphatic rings. The van der Waals surface area contributed by atoms with Crippen LogP contribution in [0.5, 0.6) is 0 Å². The molecule has 0 saturated heterocycles. The van der Waals surface area contributed by atoms with Crippen molar-refractivity contribution < 1.29 is 48.3 Å². The number of carbonyl (C=O) groups excluding carboxylic acids is 1. The average molecular weight is 537 g/mol. The fourth-order valence-electron chi connectivity index (χ4n) is 3.22. The zero-order chi connectivity index (χ0) is 27.0. The third-order valence-electron chi connectivity index (χ3n) is 5.13. The summed E-state index contributed by atoms with van der Waals surface area (Å²) < 4.78 is 135. The highest BCUT2D eigenvalue weighted by Crippen LogP contribution is 2.32. The number of benzene rings is 3. The maximum Gasteiger partial charge on any atom is 0.416 e. The molecule has 0 spiro atoms. The summed E-state index contributed by atoms with van der Waals surface area (Å²) in [7, 11) is -5.44. The molecule has 0 aromatic heterocycles. The van der Waals surface area contributed by atoms with Gasteiger partial charge in [-0.25, -0.2) is 30.4 Å². The van der Waals surface area contributed by atoms with Crippen LogP contribution >= 0.6 is 0 Å². The molecule has 0 aliphatic heterocycles. The van der Waals surface area contributed by atoms with Crippen LogP contribution in [0.15, 0.2) is 53.4 Å². The monoisotopic (exact) mass is 537 g/mol. The Labute approximate surface area is 199 Å². The lowest BCUT2D eigenvalue weighted by Crippen LogP contribution is -2.32. The van der Waals surface area contributed by atoms with Gasteiger partial charge in [0.2, 0.25) is 15.8 Å². The number of hydrogen-bond donors (Lipinski definition) is 0. The largest absolute Gasteiger partial charge is 0.416 e. The third-order valence-corrected chi connectivity index (χ3v) is 6.94. The molecule has 3 rings (SSSR count). The molecule has 0 amide bonds. The van der Waals surface area contributed by atoms with E-state index in [1.165, 1.54) is 31.2 Å². The Morgan fingerprint density at radius 3 is 1.50 bits per heavy atom. The molecule has 3 aromatic rings. The van der Waals surface area contributed by atoms with E-state index in [0.717, 1.165) is 12.1 Å². The fourth-order valence-corrected chi connectivity index (χ4v) is 4.75. The first-order valence-corrected chi connectivity index (χ1v) is 11.4. The zero-order valence-corrected chi connectivity index (χ0v) is 19.0. The quantitative estimate of drug-likeness (QED) is 0.161. The summed E-state index contributed by atoms with van der Waals surface area (Å²) in [5.41, 5.74) is -0.730. The van der Waals surface area contributed by atoms with Crippen molar-refractivity contribution >= 4 is 15.8 Å². The second-order valence-corrected chi connectivity index (χ2v) is 9.49. The normalized spacial score (nSPS) is 12.3. The van der Waals surface area contributed by atoms with Gasteiger partial charge < -0.3 is 0 Å². The van der Waals surface area contributed by atoms with Crippen molar-refractivity contribution in [2.24, 2.45) is 0 Å². The molecule has 4 nitrogen and oxygen atoms in total. The van der Waals surface area contributed by atoms with E-state index < -0.39 is 68.8 Å². The Kier molecular flexibility index (Phi) is 7.55. The number of rotatable bonds is 7. The predicted molar refractivity (Wildman–Crippen MR) is 111 cm³/mol. The fraction of sp³-hybridized carbons (Fsp3) is 0.174. The Balaban J connectivity index is 2.11. The van der Waals surface area contributed by atoms with Crippen molar-refractivity contribution in [3.63, 3.8) is 0 Å². The van der Waals surface area contributed by atoms with Gasteiger partial charge >= 0.3 is 6.18 Å². The van der Waals surface area contributed by atoms with E-state index in [9.17, 15) is 48.3 Å². The van der Waals surface area contributed by atoms with Crippen LogP contribution in [0.2, 0.25) is 0 Å². The van der Waals surface area contributed by atoms with E-state index in [4.69, 9.17) is 0 Å². The molecule has 0 unspecified atom stereocenters. The molecule has 36 heavy (non-hydrogen) atoms. The van der Waals surface area contributed by atoms with E-state index in [1.54, 1.807) is 0 Å².